The molecule has 7 nitrogen and oxygen atoms in total. The van der Waals surface area contributed by atoms with Gasteiger partial charge in [-0.25, -0.2) is 9.37 Å². The first-order valence-corrected chi connectivity index (χ1v) is 8.86. The molecule has 1 aromatic heterocycles. The number of Topliss-reactive ketones (excluding diaryl/α,β-unsaturated/α-hetero) is 1. The number of hydrogen-bond acceptors (Lipinski definition) is 6. The lowest BCUT2D eigenvalue weighted by Gasteiger charge is -2.12. The van der Waals surface area contributed by atoms with Crippen molar-refractivity contribution < 1.29 is 36.6 Å². The number of ether oxygens (including phenoxy) is 2. The van der Waals surface area contributed by atoms with Gasteiger partial charge < -0.3 is 20.1 Å². The molecule has 0 saturated carbocycles. The molecule has 0 bridgehead atoms. The highest BCUT2D eigenvalue weighted by molar-refractivity contribution is 5.94. The zero-order valence-corrected chi connectivity index (χ0v) is 15.9. The van der Waals surface area contributed by atoms with Crippen molar-refractivity contribution in [2.24, 2.45) is 0 Å². The molecular formula is C19H19F4N3O4. The van der Waals surface area contributed by atoms with Crippen LogP contribution in [0, 0.1) is 5.82 Å². The SMILES string of the molecule is CCC(=O)CNc1cc(C(=O)NCCOc2ccc(OC(F)(F)F)c(F)c2)ccn1. The lowest BCUT2D eigenvalue weighted by Crippen LogP contribution is -2.28. The lowest BCUT2D eigenvalue weighted by molar-refractivity contribution is -0.275. The lowest BCUT2D eigenvalue weighted by atomic mass is 10.2. The molecule has 0 spiro atoms. The number of pyridine rings is 1. The largest absolute Gasteiger partial charge is 0.573 e. The summed E-state index contributed by atoms with van der Waals surface area (Å²) < 4.78 is 58.7. The first-order chi connectivity index (χ1) is 14.2. The standard InChI is InChI=1S/C19H19F4N3O4/c1-2-13(27)11-26-17-9-12(5-6-24-17)18(28)25-7-8-29-14-3-4-16(15(20)10-14)30-19(21,22)23/h3-6,9-10H,2,7-8,11H2,1H3,(H,24,26)(H,25,28). The van der Waals surface area contributed by atoms with Crippen LogP contribution in [0.1, 0.15) is 23.7 Å². The molecule has 0 radical (unpaired) electrons. The molecule has 0 fully saturated rings. The third-order valence-corrected chi connectivity index (χ3v) is 3.67. The van der Waals surface area contributed by atoms with Gasteiger partial charge in [-0.3, -0.25) is 9.59 Å². The van der Waals surface area contributed by atoms with Crippen molar-refractivity contribution in [3.05, 3.63) is 47.9 Å². The molecule has 30 heavy (non-hydrogen) atoms. The minimum Gasteiger partial charge on any atom is -0.492 e. The fourth-order valence-corrected chi connectivity index (χ4v) is 2.20. The van der Waals surface area contributed by atoms with Gasteiger partial charge in [-0.05, 0) is 24.3 Å². The van der Waals surface area contributed by atoms with Gasteiger partial charge in [-0.1, -0.05) is 6.92 Å². The number of ketones is 1. The summed E-state index contributed by atoms with van der Waals surface area (Å²) in [4.78, 5) is 27.5. The zero-order chi connectivity index (χ0) is 22.1. The molecule has 0 aliphatic heterocycles. The van der Waals surface area contributed by atoms with Gasteiger partial charge in [0.05, 0.1) is 13.1 Å². The highest BCUT2D eigenvalue weighted by atomic mass is 19.4. The quantitative estimate of drug-likeness (QED) is 0.445. The van der Waals surface area contributed by atoms with Gasteiger partial charge in [-0.15, -0.1) is 13.2 Å². The summed E-state index contributed by atoms with van der Waals surface area (Å²) in [6, 6.07) is 5.63. The van der Waals surface area contributed by atoms with Crippen LogP contribution >= 0.6 is 0 Å². The maximum atomic E-state index is 13.6. The number of carbonyl (C=O) groups excluding carboxylic acids is 2. The molecule has 0 unspecified atom stereocenters. The van der Waals surface area contributed by atoms with Gasteiger partial charge in [-0.2, -0.15) is 0 Å². The molecule has 11 heteroatoms. The van der Waals surface area contributed by atoms with E-state index in [4.69, 9.17) is 4.74 Å². The summed E-state index contributed by atoms with van der Waals surface area (Å²) in [7, 11) is 0. The number of nitrogens with one attached hydrogen (secondary N) is 2. The van der Waals surface area contributed by atoms with E-state index in [0.29, 0.717) is 17.8 Å². The summed E-state index contributed by atoms with van der Waals surface area (Å²) >= 11 is 0. The Bertz CT molecular complexity index is 890. The Balaban J connectivity index is 1.81. The molecule has 1 aromatic carbocycles. The van der Waals surface area contributed by atoms with Crippen LogP contribution in [0.4, 0.5) is 23.4 Å². The zero-order valence-electron chi connectivity index (χ0n) is 15.9. The van der Waals surface area contributed by atoms with Gasteiger partial charge in [0, 0.05) is 24.2 Å². The predicted molar refractivity (Wildman–Crippen MR) is 98.9 cm³/mol. The number of anilines is 1. The van der Waals surface area contributed by atoms with Crippen molar-refractivity contribution in [3.8, 4) is 11.5 Å². The number of amides is 1. The Morgan fingerprint density at radius 1 is 1.17 bits per heavy atom. The monoisotopic (exact) mass is 429 g/mol. The number of hydrogen-bond donors (Lipinski definition) is 2. The molecule has 0 atom stereocenters. The number of rotatable bonds is 10. The van der Waals surface area contributed by atoms with E-state index >= 15 is 0 Å². The van der Waals surface area contributed by atoms with Gasteiger partial charge in [0.15, 0.2) is 17.3 Å². The van der Waals surface area contributed by atoms with Crippen LogP contribution in [0.5, 0.6) is 11.5 Å². The van der Waals surface area contributed by atoms with Crippen molar-refractivity contribution in [2.75, 3.05) is 25.0 Å². The topological polar surface area (TPSA) is 89.6 Å². The van der Waals surface area contributed by atoms with Gasteiger partial charge in [0.25, 0.3) is 5.91 Å². The summed E-state index contributed by atoms with van der Waals surface area (Å²) in [5.41, 5.74) is 0.302. The molecule has 0 aliphatic rings. The molecule has 2 rings (SSSR count). The van der Waals surface area contributed by atoms with E-state index in [0.717, 1.165) is 18.2 Å². The van der Waals surface area contributed by atoms with E-state index in [-0.39, 0.29) is 31.2 Å². The van der Waals surface area contributed by atoms with E-state index in [1.165, 1.54) is 18.3 Å². The maximum absolute atomic E-state index is 13.6. The maximum Gasteiger partial charge on any atom is 0.573 e. The van der Waals surface area contributed by atoms with E-state index in [1.807, 2.05) is 0 Å². The smallest absolute Gasteiger partial charge is 0.492 e. The number of alkyl halides is 3. The highest BCUT2D eigenvalue weighted by Crippen LogP contribution is 2.28. The fraction of sp³-hybridized carbons (Fsp3) is 0.316. The van der Waals surface area contributed by atoms with Gasteiger partial charge in [0.2, 0.25) is 0 Å². The molecular weight excluding hydrogens is 410 g/mol. The van der Waals surface area contributed by atoms with Crippen LogP contribution in [-0.4, -0.2) is 42.7 Å². The minimum absolute atomic E-state index is 0.00163. The van der Waals surface area contributed by atoms with Crippen molar-refractivity contribution in [2.45, 2.75) is 19.7 Å². The first-order valence-electron chi connectivity index (χ1n) is 8.86. The van der Waals surface area contributed by atoms with Crippen LogP contribution < -0.4 is 20.1 Å². The highest BCUT2D eigenvalue weighted by Gasteiger charge is 2.32. The van der Waals surface area contributed by atoms with Crippen LogP contribution in [-0.2, 0) is 4.79 Å². The number of nitrogens with zero attached hydrogens (tertiary/aromatic N) is 1. The van der Waals surface area contributed by atoms with Crippen molar-refractivity contribution >= 4 is 17.5 Å². The van der Waals surface area contributed by atoms with Gasteiger partial charge >= 0.3 is 6.36 Å². The number of aromatic nitrogens is 1. The number of halogens is 4. The Labute approximate surface area is 169 Å². The second kappa shape index (κ2) is 10.4. The average molecular weight is 429 g/mol. The summed E-state index contributed by atoms with van der Waals surface area (Å²) in [5.74, 6) is -2.27. The Morgan fingerprint density at radius 2 is 1.93 bits per heavy atom. The molecule has 2 N–H and O–H groups in total. The average Bonchev–Trinajstić information content (AvgIpc) is 2.70. The van der Waals surface area contributed by atoms with E-state index in [2.05, 4.69) is 20.4 Å². The molecule has 0 aliphatic carbocycles. The second-order valence-corrected chi connectivity index (χ2v) is 5.92. The van der Waals surface area contributed by atoms with E-state index in [1.54, 1.807) is 6.92 Å². The minimum atomic E-state index is -5.00. The van der Waals surface area contributed by atoms with Crippen molar-refractivity contribution in [3.63, 3.8) is 0 Å². The van der Waals surface area contributed by atoms with Crippen LogP contribution in [0.15, 0.2) is 36.5 Å². The van der Waals surface area contributed by atoms with E-state index in [9.17, 15) is 27.2 Å². The molecule has 162 valence electrons. The molecule has 0 saturated heterocycles. The predicted octanol–water partition coefficient (Wildman–Crippen LogP) is 3.32. The Morgan fingerprint density at radius 3 is 2.60 bits per heavy atom. The van der Waals surface area contributed by atoms with Crippen molar-refractivity contribution in [1.29, 1.82) is 0 Å². The van der Waals surface area contributed by atoms with Crippen LogP contribution in [0.2, 0.25) is 0 Å². The third kappa shape index (κ3) is 7.57. The third-order valence-electron chi connectivity index (χ3n) is 3.67. The molecule has 1 amide bonds. The van der Waals surface area contributed by atoms with Crippen LogP contribution in [0.25, 0.3) is 0 Å². The fourth-order valence-electron chi connectivity index (χ4n) is 2.20. The Hall–Kier alpha value is -3.37. The second-order valence-electron chi connectivity index (χ2n) is 5.92. The van der Waals surface area contributed by atoms with E-state index < -0.39 is 23.8 Å². The van der Waals surface area contributed by atoms with Crippen molar-refractivity contribution in [1.82, 2.24) is 10.3 Å². The Kier molecular flexibility index (Phi) is 7.96. The van der Waals surface area contributed by atoms with Gasteiger partial charge in [0.1, 0.15) is 18.2 Å². The first kappa shape index (κ1) is 22.9. The number of carbonyl (C=O) groups is 2. The van der Waals surface area contributed by atoms with Crippen LogP contribution in [0.3, 0.4) is 0 Å². The molecule has 1 heterocycles. The summed E-state index contributed by atoms with van der Waals surface area (Å²) in [6.07, 6.45) is -3.20. The summed E-state index contributed by atoms with van der Waals surface area (Å²) in [5, 5.41) is 5.40. The number of benzene rings is 1. The summed E-state index contributed by atoms with van der Waals surface area (Å²) in [6.45, 7) is 1.85. The molecule has 2 aromatic rings. The normalized spacial score (nSPS) is 11.0.